The number of fused-ring (bicyclic) bond motifs is 1. The van der Waals surface area contributed by atoms with Gasteiger partial charge in [0.15, 0.2) is 0 Å². The van der Waals surface area contributed by atoms with Gasteiger partial charge in [-0.05, 0) is 33.8 Å². The molecule has 0 aliphatic rings. The lowest BCUT2D eigenvalue weighted by molar-refractivity contribution is 0.164. The van der Waals surface area contributed by atoms with Gasteiger partial charge in [-0.1, -0.05) is 24.3 Å². The Bertz CT molecular complexity index is 578. The lowest BCUT2D eigenvalue weighted by atomic mass is 10.0. The summed E-state index contributed by atoms with van der Waals surface area (Å²) in [4.78, 5) is 4.55. The molecule has 0 amide bonds. The van der Waals surface area contributed by atoms with E-state index in [4.69, 9.17) is 0 Å². The van der Waals surface area contributed by atoms with E-state index in [-0.39, 0.29) is 19.0 Å². The normalized spacial score (nSPS) is 13.1. The molecule has 4 heteroatoms. The van der Waals surface area contributed by atoms with Crippen LogP contribution in [0.15, 0.2) is 30.3 Å². The number of nitrogens with zero attached hydrogens (tertiary/aromatic N) is 1. The van der Waals surface area contributed by atoms with E-state index in [1.54, 1.807) is 0 Å². The van der Waals surface area contributed by atoms with Crippen molar-refractivity contribution in [3.8, 4) is 0 Å². The van der Waals surface area contributed by atoms with Crippen molar-refractivity contribution < 1.29 is 5.11 Å². The second-order valence-electron chi connectivity index (χ2n) is 6.02. The van der Waals surface area contributed by atoms with Gasteiger partial charge < -0.3 is 10.4 Å². The zero-order valence-electron chi connectivity index (χ0n) is 12.6. The Morgan fingerprint density at radius 2 is 1.90 bits per heavy atom. The molecule has 2 N–H and O–H groups in total. The summed E-state index contributed by atoms with van der Waals surface area (Å²) in [6.45, 7) is 8.76. The van der Waals surface area contributed by atoms with Gasteiger partial charge in [-0.3, -0.25) is 4.98 Å². The van der Waals surface area contributed by atoms with E-state index in [2.05, 4.69) is 31.1 Å². The lowest BCUT2D eigenvalue weighted by Crippen LogP contribution is -2.38. The molecule has 0 unspecified atom stereocenters. The Morgan fingerprint density at radius 1 is 1.20 bits per heavy atom. The van der Waals surface area contributed by atoms with E-state index in [1.807, 2.05) is 37.3 Å². The number of aliphatic hydroxyl groups is 1. The SMILES string of the molecule is Cc1ccc2cccc([C@H](O)CNC(C)(C)C)c2n1.S. The van der Waals surface area contributed by atoms with Crippen molar-refractivity contribution in [2.45, 2.75) is 39.3 Å². The third-order valence-electron chi connectivity index (χ3n) is 3.08. The highest BCUT2D eigenvalue weighted by atomic mass is 32.1. The Morgan fingerprint density at radius 3 is 2.55 bits per heavy atom. The Labute approximate surface area is 127 Å². The van der Waals surface area contributed by atoms with Crippen LogP contribution in [0.5, 0.6) is 0 Å². The molecule has 2 aromatic rings. The van der Waals surface area contributed by atoms with Crippen molar-refractivity contribution >= 4 is 24.4 Å². The maximum Gasteiger partial charge on any atom is 0.0935 e. The van der Waals surface area contributed by atoms with Crippen LogP contribution in [-0.2, 0) is 0 Å². The summed E-state index contributed by atoms with van der Waals surface area (Å²) >= 11 is 0. The smallest absolute Gasteiger partial charge is 0.0935 e. The zero-order chi connectivity index (χ0) is 14.0. The number of aromatic nitrogens is 1. The molecule has 1 atom stereocenters. The summed E-state index contributed by atoms with van der Waals surface area (Å²) in [6.07, 6.45) is -0.544. The summed E-state index contributed by atoms with van der Waals surface area (Å²) in [6, 6.07) is 9.98. The average Bonchev–Trinajstić information content (AvgIpc) is 2.34. The van der Waals surface area contributed by atoms with Crippen molar-refractivity contribution in [2.75, 3.05) is 6.54 Å². The van der Waals surface area contributed by atoms with E-state index < -0.39 is 6.10 Å². The Balaban J connectivity index is 0.00000200. The van der Waals surface area contributed by atoms with Crippen LogP contribution in [0.1, 0.15) is 38.1 Å². The number of β-amino-alcohol motifs (C(OH)–C–C–N with tert-alkyl or cyclic N) is 1. The van der Waals surface area contributed by atoms with E-state index in [1.165, 1.54) is 0 Å². The first-order chi connectivity index (χ1) is 8.87. The third kappa shape index (κ3) is 4.20. The zero-order valence-corrected chi connectivity index (χ0v) is 13.6. The van der Waals surface area contributed by atoms with Crippen LogP contribution < -0.4 is 5.32 Å². The van der Waals surface area contributed by atoms with Gasteiger partial charge in [0.2, 0.25) is 0 Å². The molecule has 110 valence electrons. The highest BCUT2D eigenvalue weighted by molar-refractivity contribution is 7.59. The first-order valence-electron chi connectivity index (χ1n) is 6.66. The Kier molecular flexibility index (Phi) is 5.57. The number of benzene rings is 1. The molecule has 0 spiro atoms. The molecule has 0 fully saturated rings. The van der Waals surface area contributed by atoms with Crippen molar-refractivity contribution in [2.24, 2.45) is 0 Å². The number of aryl methyl sites for hydroxylation is 1. The maximum absolute atomic E-state index is 10.4. The molecule has 1 heterocycles. The maximum atomic E-state index is 10.4. The molecule has 0 bridgehead atoms. The van der Waals surface area contributed by atoms with E-state index in [0.29, 0.717) is 6.54 Å². The summed E-state index contributed by atoms with van der Waals surface area (Å²) in [5.41, 5.74) is 2.74. The van der Waals surface area contributed by atoms with Crippen LogP contribution in [0.2, 0.25) is 0 Å². The molecule has 0 radical (unpaired) electrons. The van der Waals surface area contributed by atoms with Crippen LogP contribution in [0.3, 0.4) is 0 Å². The minimum atomic E-state index is -0.544. The minimum Gasteiger partial charge on any atom is -0.387 e. The Hall–Kier alpha value is -1.10. The quantitative estimate of drug-likeness (QED) is 0.914. The average molecular weight is 292 g/mol. The number of nitrogens with one attached hydrogen (secondary N) is 1. The van der Waals surface area contributed by atoms with Gasteiger partial charge in [-0.15, -0.1) is 0 Å². The van der Waals surface area contributed by atoms with E-state index >= 15 is 0 Å². The van der Waals surface area contributed by atoms with Crippen LogP contribution >= 0.6 is 13.5 Å². The first kappa shape index (κ1) is 17.0. The highest BCUT2D eigenvalue weighted by Crippen LogP contribution is 2.23. The van der Waals surface area contributed by atoms with Gasteiger partial charge in [0.25, 0.3) is 0 Å². The number of hydrogen-bond donors (Lipinski definition) is 2. The summed E-state index contributed by atoms with van der Waals surface area (Å²) in [7, 11) is 0. The fraction of sp³-hybridized carbons (Fsp3) is 0.438. The molecule has 0 saturated carbocycles. The minimum absolute atomic E-state index is 0. The molecular weight excluding hydrogens is 268 g/mol. The van der Waals surface area contributed by atoms with Crippen molar-refractivity contribution in [1.29, 1.82) is 0 Å². The monoisotopic (exact) mass is 292 g/mol. The topological polar surface area (TPSA) is 45.1 Å². The lowest BCUT2D eigenvalue weighted by Gasteiger charge is -2.23. The van der Waals surface area contributed by atoms with Crippen LogP contribution in [0.25, 0.3) is 10.9 Å². The van der Waals surface area contributed by atoms with Crippen molar-refractivity contribution in [3.63, 3.8) is 0 Å². The van der Waals surface area contributed by atoms with Gasteiger partial charge in [-0.2, -0.15) is 13.5 Å². The predicted octanol–water partition coefficient (Wildman–Crippen LogP) is 3.08. The van der Waals surface area contributed by atoms with Gasteiger partial charge in [0.05, 0.1) is 11.6 Å². The molecule has 1 aromatic carbocycles. The molecule has 0 aliphatic heterocycles. The van der Waals surface area contributed by atoms with E-state index in [9.17, 15) is 5.11 Å². The summed E-state index contributed by atoms with van der Waals surface area (Å²) in [5.74, 6) is 0. The van der Waals surface area contributed by atoms with Crippen LogP contribution in [0, 0.1) is 6.92 Å². The molecule has 20 heavy (non-hydrogen) atoms. The number of aliphatic hydroxyl groups excluding tert-OH is 1. The molecular formula is C16H24N2OS. The molecule has 1 aromatic heterocycles. The number of pyridine rings is 1. The highest BCUT2D eigenvalue weighted by Gasteiger charge is 2.16. The van der Waals surface area contributed by atoms with Crippen LogP contribution in [-0.4, -0.2) is 22.2 Å². The van der Waals surface area contributed by atoms with Gasteiger partial charge in [-0.25, -0.2) is 0 Å². The molecule has 0 aliphatic carbocycles. The van der Waals surface area contributed by atoms with Crippen molar-refractivity contribution in [1.82, 2.24) is 10.3 Å². The van der Waals surface area contributed by atoms with Gasteiger partial charge in [0.1, 0.15) is 0 Å². The van der Waals surface area contributed by atoms with Gasteiger partial charge >= 0.3 is 0 Å². The van der Waals surface area contributed by atoms with E-state index in [0.717, 1.165) is 22.2 Å². The standard InChI is InChI=1S/C16H22N2O.H2S/c1-11-8-9-12-6-5-7-13(15(12)18-11)14(19)10-17-16(2,3)4;/h5-9,14,17,19H,10H2,1-4H3;1H2/t14-;/m1./s1. The van der Waals surface area contributed by atoms with Crippen molar-refractivity contribution in [3.05, 3.63) is 41.6 Å². The van der Waals surface area contributed by atoms with Crippen LogP contribution in [0.4, 0.5) is 0 Å². The number of hydrogen-bond acceptors (Lipinski definition) is 3. The number of para-hydroxylation sites is 1. The second kappa shape index (κ2) is 6.57. The van der Waals surface area contributed by atoms with Gasteiger partial charge in [0, 0.05) is 28.7 Å². The fourth-order valence-corrected chi connectivity index (χ4v) is 2.05. The fourth-order valence-electron chi connectivity index (χ4n) is 2.05. The predicted molar refractivity (Wildman–Crippen MR) is 89.6 cm³/mol. The molecule has 0 saturated heterocycles. The molecule has 3 nitrogen and oxygen atoms in total. The summed E-state index contributed by atoms with van der Waals surface area (Å²) in [5, 5.41) is 14.8. The summed E-state index contributed by atoms with van der Waals surface area (Å²) < 4.78 is 0. The molecule has 2 rings (SSSR count). The second-order valence-corrected chi connectivity index (χ2v) is 6.02. The number of rotatable bonds is 3. The third-order valence-corrected chi connectivity index (χ3v) is 3.08. The first-order valence-corrected chi connectivity index (χ1v) is 6.66. The largest absolute Gasteiger partial charge is 0.387 e.